The predicted octanol–water partition coefficient (Wildman–Crippen LogP) is 2.53. The molecule has 18 heavy (non-hydrogen) atoms. The van der Waals surface area contributed by atoms with Crippen LogP contribution in [0, 0.1) is 0 Å². The second-order valence-corrected chi connectivity index (χ2v) is 4.03. The number of halogens is 3. The SMILES string of the molecule is COC(OC)C(C)(O)c1cccc(C(F)(F)F)c1. The van der Waals surface area contributed by atoms with E-state index in [0.29, 0.717) is 0 Å². The summed E-state index contributed by atoms with van der Waals surface area (Å²) in [5.41, 5.74) is -2.43. The van der Waals surface area contributed by atoms with Gasteiger partial charge in [0.2, 0.25) is 0 Å². The lowest BCUT2D eigenvalue weighted by atomic mass is 9.93. The molecular formula is C12H15F3O3. The molecule has 0 aliphatic carbocycles. The molecule has 0 aliphatic heterocycles. The van der Waals surface area contributed by atoms with Gasteiger partial charge in [0.25, 0.3) is 0 Å². The van der Waals surface area contributed by atoms with Crippen LogP contribution in [-0.2, 0) is 21.3 Å². The third-order valence-electron chi connectivity index (χ3n) is 2.66. The van der Waals surface area contributed by atoms with Gasteiger partial charge in [-0.3, -0.25) is 0 Å². The number of benzene rings is 1. The molecule has 0 aromatic heterocycles. The van der Waals surface area contributed by atoms with Crippen LogP contribution in [-0.4, -0.2) is 25.6 Å². The smallest absolute Gasteiger partial charge is 0.380 e. The molecule has 1 atom stereocenters. The minimum Gasteiger partial charge on any atom is -0.380 e. The van der Waals surface area contributed by atoms with Crippen LogP contribution in [0.3, 0.4) is 0 Å². The van der Waals surface area contributed by atoms with Crippen molar-refractivity contribution in [2.45, 2.75) is 25.0 Å². The Balaban J connectivity index is 3.17. The van der Waals surface area contributed by atoms with Gasteiger partial charge in [-0.1, -0.05) is 12.1 Å². The average molecular weight is 264 g/mol. The summed E-state index contributed by atoms with van der Waals surface area (Å²) >= 11 is 0. The van der Waals surface area contributed by atoms with E-state index in [-0.39, 0.29) is 5.56 Å². The lowest BCUT2D eigenvalue weighted by molar-refractivity contribution is -0.213. The largest absolute Gasteiger partial charge is 0.416 e. The summed E-state index contributed by atoms with van der Waals surface area (Å²) in [6.07, 6.45) is -5.51. The van der Waals surface area contributed by atoms with Crippen molar-refractivity contribution in [3.05, 3.63) is 35.4 Å². The molecule has 102 valence electrons. The molecule has 1 aromatic carbocycles. The molecule has 0 aliphatic rings. The van der Waals surface area contributed by atoms with Gasteiger partial charge in [0, 0.05) is 14.2 Å². The highest BCUT2D eigenvalue weighted by Gasteiger charge is 2.37. The predicted molar refractivity (Wildman–Crippen MR) is 58.8 cm³/mol. The van der Waals surface area contributed by atoms with E-state index in [1.807, 2.05) is 0 Å². The molecule has 0 amide bonds. The average Bonchev–Trinajstić information content (AvgIpc) is 2.29. The van der Waals surface area contributed by atoms with Gasteiger partial charge in [-0.05, 0) is 24.6 Å². The van der Waals surface area contributed by atoms with Crippen molar-refractivity contribution in [3.63, 3.8) is 0 Å². The topological polar surface area (TPSA) is 38.7 Å². The number of aliphatic hydroxyl groups is 1. The summed E-state index contributed by atoms with van der Waals surface area (Å²) < 4.78 is 47.5. The molecule has 6 heteroatoms. The van der Waals surface area contributed by atoms with Crippen molar-refractivity contribution >= 4 is 0 Å². The number of methoxy groups -OCH3 is 2. The first kappa shape index (κ1) is 14.9. The highest BCUT2D eigenvalue weighted by molar-refractivity contribution is 5.30. The fourth-order valence-corrected chi connectivity index (χ4v) is 1.70. The van der Waals surface area contributed by atoms with E-state index in [1.54, 1.807) is 0 Å². The molecule has 1 N–H and O–H groups in total. The van der Waals surface area contributed by atoms with E-state index in [9.17, 15) is 18.3 Å². The van der Waals surface area contributed by atoms with Crippen molar-refractivity contribution < 1.29 is 27.8 Å². The first-order valence-electron chi connectivity index (χ1n) is 5.19. The Hall–Kier alpha value is -1.11. The lowest BCUT2D eigenvalue weighted by Crippen LogP contribution is -2.39. The Morgan fingerprint density at radius 1 is 1.11 bits per heavy atom. The van der Waals surface area contributed by atoms with Crippen LogP contribution in [0.25, 0.3) is 0 Å². The van der Waals surface area contributed by atoms with E-state index in [0.717, 1.165) is 12.1 Å². The quantitative estimate of drug-likeness (QED) is 0.849. The third kappa shape index (κ3) is 3.01. The molecule has 0 bridgehead atoms. The first-order chi connectivity index (χ1) is 8.23. The van der Waals surface area contributed by atoms with Gasteiger partial charge in [0.1, 0.15) is 5.60 Å². The van der Waals surface area contributed by atoms with Crippen LogP contribution in [0.5, 0.6) is 0 Å². The van der Waals surface area contributed by atoms with Crippen molar-refractivity contribution in [1.29, 1.82) is 0 Å². The zero-order valence-corrected chi connectivity index (χ0v) is 10.3. The minimum absolute atomic E-state index is 0.0750. The normalized spacial score (nSPS) is 15.8. The zero-order valence-electron chi connectivity index (χ0n) is 10.3. The fourth-order valence-electron chi connectivity index (χ4n) is 1.70. The molecular weight excluding hydrogens is 249 g/mol. The standard InChI is InChI=1S/C12H15F3O3/c1-11(16,10(17-2)18-3)8-5-4-6-9(7-8)12(13,14)15/h4-7,10,16H,1-3H3. The van der Waals surface area contributed by atoms with Crippen molar-refractivity contribution in [3.8, 4) is 0 Å². The summed E-state index contributed by atoms with van der Waals surface area (Å²) in [6.45, 7) is 1.33. The van der Waals surface area contributed by atoms with Crippen LogP contribution in [0.2, 0.25) is 0 Å². The second-order valence-electron chi connectivity index (χ2n) is 4.03. The van der Waals surface area contributed by atoms with Crippen LogP contribution in [0.4, 0.5) is 13.2 Å². The summed E-state index contributed by atoms with van der Waals surface area (Å²) in [4.78, 5) is 0. The number of hydrogen-bond acceptors (Lipinski definition) is 3. The fraction of sp³-hybridized carbons (Fsp3) is 0.500. The summed E-state index contributed by atoms with van der Waals surface area (Å²) in [5, 5.41) is 10.2. The molecule has 1 aromatic rings. The van der Waals surface area contributed by atoms with E-state index in [1.165, 1.54) is 33.3 Å². The van der Waals surface area contributed by atoms with Crippen molar-refractivity contribution in [1.82, 2.24) is 0 Å². The number of hydrogen-bond donors (Lipinski definition) is 1. The Morgan fingerprint density at radius 3 is 2.06 bits per heavy atom. The lowest BCUT2D eigenvalue weighted by Gasteiger charge is -2.31. The molecule has 3 nitrogen and oxygen atoms in total. The number of ether oxygens (including phenoxy) is 2. The van der Waals surface area contributed by atoms with E-state index in [2.05, 4.69) is 0 Å². The maximum atomic E-state index is 12.6. The summed E-state index contributed by atoms with van der Waals surface area (Å²) in [6, 6.07) is 4.44. The molecule has 0 spiro atoms. The zero-order chi connectivity index (χ0) is 14.0. The van der Waals surface area contributed by atoms with Crippen LogP contribution in [0.15, 0.2) is 24.3 Å². The van der Waals surface area contributed by atoms with Gasteiger partial charge < -0.3 is 14.6 Å². The highest BCUT2D eigenvalue weighted by atomic mass is 19.4. The molecule has 0 fully saturated rings. The van der Waals surface area contributed by atoms with Gasteiger partial charge >= 0.3 is 6.18 Å². The molecule has 0 radical (unpaired) electrons. The first-order valence-corrected chi connectivity index (χ1v) is 5.19. The number of alkyl halides is 3. The van der Waals surface area contributed by atoms with Gasteiger partial charge in [0.15, 0.2) is 6.29 Å². The Morgan fingerprint density at radius 2 is 1.61 bits per heavy atom. The van der Waals surface area contributed by atoms with E-state index in [4.69, 9.17) is 9.47 Å². The Labute approximate surface area is 103 Å². The monoisotopic (exact) mass is 264 g/mol. The molecule has 1 rings (SSSR count). The third-order valence-corrected chi connectivity index (χ3v) is 2.66. The van der Waals surface area contributed by atoms with Gasteiger partial charge in [-0.15, -0.1) is 0 Å². The van der Waals surface area contributed by atoms with Gasteiger partial charge in [0.05, 0.1) is 5.56 Å². The van der Waals surface area contributed by atoms with E-state index >= 15 is 0 Å². The Kier molecular flexibility index (Phi) is 4.37. The molecule has 0 saturated carbocycles. The molecule has 1 unspecified atom stereocenters. The second kappa shape index (κ2) is 5.26. The van der Waals surface area contributed by atoms with Crippen molar-refractivity contribution in [2.75, 3.05) is 14.2 Å². The Bertz CT molecular complexity index is 398. The maximum absolute atomic E-state index is 12.6. The summed E-state index contributed by atoms with van der Waals surface area (Å²) in [5.74, 6) is 0. The summed E-state index contributed by atoms with van der Waals surface area (Å²) in [7, 11) is 2.60. The maximum Gasteiger partial charge on any atom is 0.416 e. The van der Waals surface area contributed by atoms with E-state index < -0.39 is 23.6 Å². The van der Waals surface area contributed by atoms with Crippen molar-refractivity contribution in [2.24, 2.45) is 0 Å². The van der Waals surface area contributed by atoms with Crippen LogP contribution >= 0.6 is 0 Å². The minimum atomic E-state index is -4.46. The van der Waals surface area contributed by atoms with Gasteiger partial charge in [-0.2, -0.15) is 13.2 Å². The van der Waals surface area contributed by atoms with Crippen LogP contribution < -0.4 is 0 Å². The highest BCUT2D eigenvalue weighted by Crippen LogP contribution is 2.33. The van der Waals surface area contributed by atoms with Gasteiger partial charge in [-0.25, -0.2) is 0 Å². The number of rotatable bonds is 4. The molecule has 0 heterocycles. The molecule has 0 saturated heterocycles. The van der Waals surface area contributed by atoms with Crippen LogP contribution in [0.1, 0.15) is 18.1 Å².